The molecule has 0 saturated heterocycles. The van der Waals surface area contributed by atoms with E-state index in [2.05, 4.69) is 20.6 Å². The Balaban J connectivity index is 2.13. The van der Waals surface area contributed by atoms with Crippen LogP contribution in [-0.4, -0.2) is 22.9 Å². The molecule has 0 atom stereocenters. The van der Waals surface area contributed by atoms with Crippen molar-refractivity contribution < 1.29 is 4.79 Å². The fourth-order valence-corrected chi connectivity index (χ4v) is 1.64. The molecular weight excluding hydrogens is 287 g/mol. The molecule has 1 aromatic carbocycles. The normalized spacial score (nSPS) is 10.1. The van der Waals surface area contributed by atoms with Crippen LogP contribution in [0.4, 0.5) is 11.5 Å². The number of amides is 1. The van der Waals surface area contributed by atoms with E-state index >= 15 is 0 Å². The molecule has 2 aromatic rings. The van der Waals surface area contributed by atoms with Gasteiger partial charge in [-0.25, -0.2) is 9.97 Å². The van der Waals surface area contributed by atoms with Crippen molar-refractivity contribution in [2.24, 2.45) is 0 Å². The number of hydrogen-bond donors (Lipinski definition) is 2. The van der Waals surface area contributed by atoms with Gasteiger partial charge in [-0.2, -0.15) is 0 Å². The SMILES string of the molecule is CNc1cnc(C(=O)Nc2ccc(Cl)c(Cl)c2)cn1. The van der Waals surface area contributed by atoms with E-state index in [9.17, 15) is 4.79 Å². The van der Waals surface area contributed by atoms with Gasteiger partial charge in [0.1, 0.15) is 11.5 Å². The maximum absolute atomic E-state index is 11.9. The number of carbonyl (C=O) groups excluding carboxylic acids is 1. The molecule has 19 heavy (non-hydrogen) atoms. The third-order valence-corrected chi connectivity index (χ3v) is 3.06. The molecule has 0 saturated carbocycles. The average molecular weight is 297 g/mol. The Morgan fingerprint density at radius 1 is 1.16 bits per heavy atom. The first kappa shape index (κ1) is 13.6. The van der Waals surface area contributed by atoms with Crippen molar-refractivity contribution in [2.75, 3.05) is 17.7 Å². The van der Waals surface area contributed by atoms with Gasteiger partial charge in [0.25, 0.3) is 5.91 Å². The molecule has 1 amide bonds. The zero-order chi connectivity index (χ0) is 13.8. The monoisotopic (exact) mass is 296 g/mol. The number of aromatic nitrogens is 2. The number of halogens is 2. The fraction of sp³-hybridized carbons (Fsp3) is 0.0833. The van der Waals surface area contributed by atoms with Crippen molar-refractivity contribution in [3.05, 3.63) is 46.3 Å². The number of nitrogens with zero attached hydrogens (tertiary/aromatic N) is 2. The van der Waals surface area contributed by atoms with Crippen molar-refractivity contribution in [3.8, 4) is 0 Å². The molecule has 0 aliphatic heterocycles. The Morgan fingerprint density at radius 2 is 1.95 bits per heavy atom. The quantitative estimate of drug-likeness (QED) is 0.913. The molecule has 1 aromatic heterocycles. The standard InChI is InChI=1S/C12H10Cl2N4O/c1-15-11-6-16-10(5-17-11)12(19)18-7-2-3-8(13)9(14)4-7/h2-6H,1H3,(H,15,17)(H,18,19). The van der Waals surface area contributed by atoms with Crippen LogP contribution in [0.15, 0.2) is 30.6 Å². The number of rotatable bonds is 3. The molecule has 2 rings (SSSR count). The second kappa shape index (κ2) is 5.86. The van der Waals surface area contributed by atoms with Gasteiger partial charge in [-0.1, -0.05) is 23.2 Å². The molecule has 0 radical (unpaired) electrons. The molecule has 1 heterocycles. The number of nitrogens with one attached hydrogen (secondary N) is 2. The second-order valence-electron chi connectivity index (χ2n) is 3.62. The molecule has 5 nitrogen and oxygen atoms in total. The Hall–Kier alpha value is -1.85. The van der Waals surface area contributed by atoms with Gasteiger partial charge in [-0.3, -0.25) is 4.79 Å². The smallest absolute Gasteiger partial charge is 0.275 e. The minimum Gasteiger partial charge on any atom is -0.372 e. The largest absolute Gasteiger partial charge is 0.372 e. The van der Waals surface area contributed by atoms with E-state index in [1.54, 1.807) is 25.2 Å². The van der Waals surface area contributed by atoms with E-state index < -0.39 is 0 Å². The summed E-state index contributed by atoms with van der Waals surface area (Å²) in [6.45, 7) is 0. The van der Waals surface area contributed by atoms with Gasteiger partial charge in [0.05, 0.1) is 22.4 Å². The zero-order valence-corrected chi connectivity index (χ0v) is 11.5. The molecule has 2 N–H and O–H groups in total. The van der Waals surface area contributed by atoms with E-state index in [-0.39, 0.29) is 11.6 Å². The van der Waals surface area contributed by atoms with Gasteiger partial charge in [-0.15, -0.1) is 0 Å². The van der Waals surface area contributed by atoms with Crippen LogP contribution in [-0.2, 0) is 0 Å². The topological polar surface area (TPSA) is 66.9 Å². The summed E-state index contributed by atoms with van der Waals surface area (Å²) in [6, 6.07) is 4.83. The minimum absolute atomic E-state index is 0.213. The highest BCUT2D eigenvalue weighted by Gasteiger charge is 2.09. The molecule has 0 bridgehead atoms. The fourth-order valence-electron chi connectivity index (χ4n) is 1.34. The summed E-state index contributed by atoms with van der Waals surface area (Å²) < 4.78 is 0. The lowest BCUT2D eigenvalue weighted by Crippen LogP contribution is -2.14. The predicted molar refractivity (Wildman–Crippen MR) is 76.0 cm³/mol. The molecule has 0 spiro atoms. The van der Waals surface area contributed by atoms with Crippen LogP contribution in [0.25, 0.3) is 0 Å². The van der Waals surface area contributed by atoms with E-state index in [1.807, 2.05) is 0 Å². The van der Waals surface area contributed by atoms with Crippen molar-refractivity contribution >= 4 is 40.6 Å². The lowest BCUT2D eigenvalue weighted by molar-refractivity contribution is 0.102. The van der Waals surface area contributed by atoms with Gasteiger partial charge >= 0.3 is 0 Å². The van der Waals surface area contributed by atoms with Crippen molar-refractivity contribution in [1.29, 1.82) is 0 Å². The van der Waals surface area contributed by atoms with Gasteiger partial charge < -0.3 is 10.6 Å². The first-order valence-electron chi connectivity index (χ1n) is 5.36. The van der Waals surface area contributed by atoms with E-state index in [0.717, 1.165) is 0 Å². The van der Waals surface area contributed by atoms with Gasteiger partial charge in [0.2, 0.25) is 0 Å². The molecule has 98 valence electrons. The molecule has 0 aliphatic rings. The highest BCUT2D eigenvalue weighted by molar-refractivity contribution is 6.42. The summed E-state index contributed by atoms with van der Waals surface area (Å²) >= 11 is 11.7. The molecule has 0 aliphatic carbocycles. The average Bonchev–Trinajstić information content (AvgIpc) is 2.43. The van der Waals surface area contributed by atoms with Crippen LogP contribution in [0.5, 0.6) is 0 Å². The maximum atomic E-state index is 11.9. The summed E-state index contributed by atoms with van der Waals surface area (Å²) in [4.78, 5) is 19.9. The Labute approximate surface area is 120 Å². The number of hydrogen-bond acceptors (Lipinski definition) is 4. The van der Waals surface area contributed by atoms with Crippen LogP contribution in [0.3, 0.4) is 0 Å². The van der Waals surface area contributed by atoms with Gasteiger partial charge in [0, 0.05) is 12.7 Å². The summed E-state index contributed by atoms with van der Waals surface area (Å²) in [6.07, 6.45) is 2.86. The summed E-state index contributed by atoms with van der Waals surface area (Å²) in [5.74, 6) is 0.222. The Bertz CT molecular complexity index is 601. The van der Waals surface area contributed by atoms with Crippen molar-refractivity contribution in [2.45, 2.75) is 0 Å². The van der Waals surface area contributed by atoms with E-state index in [0.29, 0.717) is 21.6 Å². The summed E-state index contributed by atoms with van der Waals surface area (Å²) in [5, 5.41) is 6.28. The second-order valence-corrected chi connectivity index (χ2v) is 4.43. The van der Waals surface area contributed by atoms with Crippen molar-refractivity contribution in [3.63, 3.8) is 0 Å². The lowest BCUT2D eigenvalue weighted by Gasteiger charge is -2.06. The van der Waals surface area contributed by atoms with Crippen LogP contribution < -0.4 is 10.6 Å². The highest BCUT2D eigenvalue weighted by atomic mass is 35.5. The zero-order valence-electron chi connectivity index (χ0n) is 9.95. The van der Waals surface area contributed by atoms with E-state index in [1.165, 1.54) is 12.4 Å². The Morgan fingerprint density at radius 3 is 2.53 bits per heavy atom. The number of anilines is 2. The van der Waals surface area contributed by atoms with Crippen LogP contribution in [0.1, 0.15) is 10.5 Å². The van der Waals surface area contributed by atoms with Crippen LogP contribution >= 0.6 is 23.2 Å². The Kier molecular flexibility index (Phi) is 4.19. The van der Waals surface area contributed by atoms with Gasteiger partial charge in [-0.05, 0) is 18.2 Å². The molecule has 0 unspecified atom stereocenters. The summed E-state index contributed by atoms with van der Waals surface area (Å²) in [5.41, 5.74) is 0.754. The third kappa shape index (κ3) is 3.33. The maximum Gasteiger partial charge on any atom is 0.275 e. The third-order valence-electron chi connectivity index (χ3n) is 2.32. The first-order valence-corrected chi connectivity index (χ1v) is 6.12. The van der Waals surface area contributed by atoms with Gasteiger partial charge in [0.15, 0.2) is 0 Å². The van der Waals surface area contributed by atoms with Crippen molar-refractivity contribution in [1.82, 2.24) is 9.97 Å². The van der Waals surface area contributed by atoms with Crippen LogP contribution in [0.2, 0.25) is 10.0 Å². The summed E-state index contributed by atoms with van der Waals surface area (Å²) in [7, 11) is 1.72. The number of benzene rings is 1. The lowest BCUT2D eigenvalue weighted by atomic mass is 10.3. The molecular formula is C12H10Cl2N4O. The highest BCUT2D eigenvalue weighted by Crippen LogP contribution is 2.25. The minimum atomic E-state index is -0.367. The van der Waals surface area contributed by atoms with Crippen LogP contribution in [0, 0.1) is 0 Å². The molecule has 7 heteroatoms. The number of carbonyl (C=O) groups is 1. The first-order chi connectivity index (χ1) is 9.10. The predicted octanol–water partition coefficient (Wildman–Crippen LogP) is 3.08. The van der Waals surface area contributed by atoms with E-state index in [4.69, 9.17) is 23.2 Å². The molecule has 0 fully saturated rings.